The van der Waals surface area contributed by atoms with Gasteiger partial charge in [-0.2, -0.15) is 13.2 Å². The molecule has 11 heteroatoms. The average Bonchev–Trinajstić information content (AvgIpc) is 3.47. The van der Waals surface area contributed by atoms with Gasteiger partial charge in [-0.25, -0.2) is 14.4 Å². The standard InChI is InChI=1S/C19H21F4N5O2/c20-18(12-2-3-12)9-28(10-18)16(29)13-7-17(30-26-13)4-1-5-27(8-17)15-6-14(19(21,22)23)24-11-25-15/h6,11-12H,1-5,7-10H2. The Morgan fingerprint density at radius 3 is 2.67 bits per heavy atom. The summed E-state index contributed by atoms with van der Waals surface area (Å²) < 4.78 is 53.4. The van der Waals surface area contributed by atoms with E-state index in [1.807, 2.05) is 0 Å². The summed E-state index contributed by atoms with van der Waals surface area (Å²) in [6, 6.07) is 0.916. The van der Waals surface area contributed by atoms with Gasteiger partial charge < -0.3 is 14.6 Å². The highest BCUT2D eigenvalue weighted by molar-refractivity contribution is 6.39. The van der Waals surface area contributed by atoms with Crippen molar-refractivity contribution >= 4 is 17.4 Å². The van der Waals surface area contributed by atoms with Crippen LogP contribution in [0.2, 0.25) is 0 Å². The first-order valence-electron chi connectivity index (χ1n) is 10.0. The molecule has 1 atom stereocenters. The fourth-order valence-corrected chi connectivity index (χ4v) is 4.60. The van der Waals surface area contributed by atoms with Gasteiger partial charge >= 0.3 is 6.18 Å². The highest BCUT2D eigenvalue weighted by Crippen LogP contribution is 2.47. The minimum Gasteiger partial charge on any atom is -0.386 e. The molecular formula is C19H21F4N5O2. The van der Waals surface area contributed by atoms with Crippen LogP contribution in [0.4, 0.5) is 23.4 Å². The largest absolute Gasteiger partial charge is 0.433 e. The van der Waals surface area contributed by atoms with Crippen molar-refractivity contribution in [1.29, 1.82) is 0 Å². The number of amides is 1. The van der Waals surface area contributed by atoms with Crippen molar-refractivity contribution in [3.63, 3.8) is 0 Å². The summed E-state index contributed by atoms with van der Waals surface area (Å²) in [6.45, 7) is 0.961. The molecular weight excluding hydrogens is 406 g/mol. The van der Waals surface area contributed by atoms with Gasteiger partial charge in [-0.05, 0) is 31.6 Å². The van der Waals surface area contributed by atoms with Gasteiger partial charge in [0.15, 0.2) is 5.60 Å². The zero-order valence-corrected chi connectivity index (χ0v) is 16.2. The van der Waals surface area contributed by atoms with Gasteiger partial charge in [0.05, 0.1) is 19.6 Å². The molecule has 1 aromatic heterocycles. The average molecular weight is 427 g/mol. The summed E-state index contributed by atoms with van der Waals surface area (Å²) >= 11 is 0. The Labute approximate surface area is 170 Å². The molecule has 0 radical (unpaired) electrons. The molecule has 0 aromatic carbocycles. The normalized spacial score (nSPS) is 28.2. The second-order valence-electron chi connectivity index (χ2n) is 8.74. The predicted molar refractivity (Wildman–Crippen MR) is 97.5 cm³/mol. The van der Waals surface area contributed by atoms with Gasteiger partial charge in [0.2, 0.25) is 0 Å². The molecule has 7 nitrogen and oxygen atoms in total. The van der Waals surface area contributed by atoms with Crippen LogP contribution in [0.25, 0.3) is 0 Å². The summed E-state index contributed by atoms with van der Waals surface area (Å²) in [4.78, 5) is 28.7. The van der Waals surface area contributed by atoms with E-state index in [2.05, 4.69) is 15.1 Å². The smallest absolute Gasteiger partial charge is 0.386 e. The molecule has 4 heterocycles. The van der Waals surface area contributed by atoms with Crippen LogP contribution < -0.4 is 4.90 Å². The van der Waals surface area contributed by atoms with Crippen molar-refractivity contribution in [3.8, 4) is 0 Å². The van der Waals surface area contributed by atoms with E-state index in [9.17, 15) is 22.4 Å². The van der Waals surface area contributed by atoms with Crippen molar-refractivity contribution in [2.45, 2.75) is 49.6 Å². The van der Waals surface area contributed by atoms with Crippen LogP contribution >= 0.6 is 0 Å². The quantitative estimate of drug-likeness (QED) is 0.694. The Bertz CT molecular complexity index is 897. The Morgan fingerprint density at radius 2 is 1.97 bits per heavy atom. The third-order valence-electron chi connectivity index (χ3n) is 6.40. The third-order valence-corrected chi connectivity index (χ3v) is 6.40. The summed E-state index contributed by atoms with van der Waals surface area (Å²) in [7, 11) is 0. The lowest BCUT2D eigenvalue weighted by molar-refractivity contribution is -0.141. The maximum absolute atomic E-state index is 14.5. The molecule has 1 aliphatic carbocycles. The van der Waals surface area contributed by atoms with Gasteiger partial charge in [0.25, 0.3) is 5.91 Å². The van der Waals surface area contributed by atoms with Crippen LogP contribution in [0.1, 0.15) is 37.8 Å². The summed E-state index contributed by atoms with van der Waals surface area (Å²) in [6.07, 6.45) is -0.383. The van der Waals surface area contributed by atoms with E-state index in [-0.39, 0.29) is 49.4 Å². The molecule has 1 unspecified atom stereocenters. The van der Waals surface area contributed by atoms with Gasteiger partial charge in [-0.3, -0.25) is 4.79 Å². The molecule has 3 fully saturated rings. The Hall–Kier alpha value is -2.46. The molecule has 162 valence electrons. The number of anilines is 1. The number of rotatable bonds is 3. The first kappa shape index (κ1) is 19.5. The number of aromatic nitrogens is 2. The summed E-state index contributed by atoms with van der Waals surface area (Å²) in [5, 5.41) is 3.97. The summed E-state index contributed by atoms with van der Waals surface area (Å²) in [5.41, 5.74) is -2.82. The van der Waals surface area contributed by atoms with Crippen LogP contribution in [0.5, 0.6) is 0 Å². The molecule has 0 N–H and O–H groups in total. The molecule has 1 aromatic rings. The fraction of sp³-hybridized carbons (Fsp3) is 0.684. The number of piperidine rings is 1. The zero-order chi connectivity index (χ0) is 21.1. The maximum atomic E-state index is 14.5. The topological polar surface area (TPSA) is 70.9 Å². The van der Waals surface area contributed by atoms with E-state index < -0.39 is 23.1 Å². The van der Waals surface area contributed by atoms with Crippen molar-refractivity contribution in [3.05, 3.63) is 18.1 Å². The SMILES string of the molecule is O=C(C1=NOC2(CCCN(c3cc(C(F)(F)F)ncn3)C2)C1)N1CC(F)(C2CC2)C1. The highest BCUT2D eigenvalue weighted by atomic mass is 19.4. The number of alkyl halides is 4. The monoisotopic (exact) mass is 427 g/mol. The van der Waals surface area contributed by atoms with Crippen molar-refractivity contribution < 1.29 is 27.2 Å². The van der Waals surface area contributed by atoms with Gasteiger partial charge in [0, 0.05) is 19.0 Å². The van der Waals surface area contributed by atoms with E-state index in [4.69, 9.17) is 4.84 Å². The molecule has 30 heavy (non-hydrogen) atoms. The number of carbonyl (C=O) groups excluding carboxylic acids is 1. The number of carbonyl (C=O) groups is 1. The first-order valence-corrected chi connectivity index (χ1v) is 10.0. The van der Waals surface area contributed by atoms with E-state index in [1.165, 1.54) is 4.90 Å². The van der Waals surface area contributed by atoms with Gasteiger partial charge in [0.1, 0.15) is 29.2 Å². The van der Waals surface area contributed by atoms with Crippen LogP contribution in [0, 0.1) is 5.92 Å². The molecule has 2 saturated heterocycles. The molecule has 1 spiro atoms. The number of hydrogen-bond acceptors (Lipinski definition) is 6. The zero-order valence-electron chi connectivity index (χ0n) is 16.2. The predicted octanol–water partition coefficient (Wildman–Crippen LogP) is 2.57. The van der Waals surface area contributed by atoms with Crippen molar-refractivity contribution in [2.24, 2.45) is 11.1 Å². The number of oxime groups is 1. The van der Waals surface area contributed by atoms with Crippen molar-refractivity contribution in [1.82, 2.24) is 14.9 Å². The van der Waals surface area contributed by atoms with Gasteiger partial charge in [-0.1, -0.05) is 5.16 Å². The second-order valence-corrected chi connectivity index (χ2v) is 8.74. The number of likely N-dealkylation sites (tertiary alicyclic amines) is 1. The molecule has 3 aliphatic heterocycles. The van der Waals surface area contributed by atoms with Gasteiger partial charge in [-0.15, -0.1) is 0 Å². The van der Waals surface area contributed by atoms with E-state index in [0.717, 1.165) is 25.2 Å². The minimum atomic E-state index is -4.55. The molecule has 1 saturated carbocycles. The maximum Gasteiger partial charge on any atom is 0.433 e. The summed E-state index contributed by atoms with van der Waals surface area (Å²) in [5.74, 6) is -0.0931. The fourth-order valence-electron chi connectivity index (χ4n) is 4.60. The lowest BCUT2D eigenvalue weighted by Crippen LogP contribution is -2.63. The Morgan fingerprint density at radius 1 is 1.20 bits per heavy atom. The molecule has 0 bridgehead atoms. The number of halogens is 4. The number of hydrogen-bond donors (Lipinski definition) is 0. The first-order chi connectivity index (χ1) is 14.2. The van der Waals surface area contributed by atoms with Crippen molar-refractivity contribution in [2.75, 3.05) is 31.1 Å². The van der Waals surface area contributed by atoms with Crippen LogP contribution in [0.15, 0.2) is 17.5 Å². The Kier molecular flexibility index (Phi) is 4.24. The van der Waals surface area contributed by atoms with Crippen LogP contribution in [0.3, 0.4) is 0 Å². The lowest BCUT2D eigenvalue weighted by atomic mass is 9.86. The molecule has 1 amide bonds. The third kappa shape index (κ3) is 3.37. The second kappa shape index (κ2) is 6.52. The van der Waals surface area contributed by atoms with Crippen LogP contribution in [-0.4, -0.2) is 63.9 Å². The molecule has 4 aliphatic rings. The molecule has 5 rings (SSSR count). The van der Waals surface area contributed by atoms with E-state index >= 15 is 0 Å². The number of nitrogens with zero attached hydrogens (tertiary/aromatic N) is 5. The lowest BCUT2D eigenvalue weighted by Gasteiger charge is -2.44. The highest BCUT2D eigenvalue weighted by Gasteiger charge is 2.56. The van der Waals surface area contributed by atoms with E-state index in [0.29, 0.717) is 19.4 Å². The van der Waals surface area contributed by atoms with Crippen LogP contribution in [-0.2, 0) is 15.8 Å². The van der Waals surface area contributed by atoms with E-state index in [1.54, 1.807) is 4.90 Å². The minimum absolute atomic E-state index is 0.0658. The Balaban J connectivity index is 1.24.